The maximum atomic E-state index is 12.7. The molecule has 1 aliphatic carbocycles. The molecule has 0 aromatic rings. The topological polar surface area (TPSA) is 87.7 Å². The molecule has 1 saturated carbocycles. The minimum Gasteiger partial charge on any atom is -0.466 e. The Morgan fingerprint density at radius 1 is 1.16 bits per heavy atom. The maximum absolute atomic E-state index is 12.7. The van der Waals surface area contributed by atoms with E-state index in [1.165, 1.54) is 0 Å². The van der Waals surface area contributed by atoms with Crippen LogP contribution in [0.3, 0.4) is 0 Å². The molecule has 2 saturated heterocycles. The lowest BCUT2D eigenvalue weighted by Gasteiger charge is -2.41. The summed E-state index contributed by atoms with van der Waals surface area (Å²) < 4.78 is 5.08. The van der Waals surface area contributed by atoms with Gasteiger partial charge in [-0.2, -0.15) is 0 Å². The summed E-state index contributed by atoms with van der Waals surface area (Å²) in [5.41, 5.74) is 0. The zero-order chi connectivity index (χ0) is 17.8. The number of fused-ring (bicyclic) bond motifs is 1. The van der Waals surface area contributed by atoms with Crippen LogP contribution >= 0.6 is 0 Å². The average Bonchev–Trinajstić information content (AvgIpc) is 2.62. The van der Waals surface area contributed by atoms with Crippen LogP contribution in [-0.4, -0.2) is 60.5 Å². The van der Waals surface area contributed by atoms with Crippen LogP contribution in [0.5, 0.6) is 0 Å². The van der Waals surface area contributed by atoms with Crippen molar-refractivity contribution in [1.29, 1.82) is 0 Å². The number of hydrogen-bond acceptors (Lipinski definition) is 5. The lowest BCUT2D eigenvalue weighted by atomic mass is 9.87. The summed E-state index contributed by atoms with van der Waals surface area (Å²) in [6.45, 7) is 3.20. The van der Waals surface area contributed by atoms with E-state index in [0.29, 0.717) is 19.7 Å². The third kappa shape index (κ3) is 4.32. The van der Waals surface area contributed by atoms with Crippen molar-refractivity contribution in [2.75, 3.05) is 19.7 Å². The fourth-order valence-electron chi connectivity index (χ4n) is 4.23. The molecule has 3 aliphatic rings. The molecule has 0 aromatic heterocycles. The van der Waals surface area contributed by atoms with Gasteiger partial charge in [0.2, 0.25) is 11.8 Å². The highest BCUT2D eigenvalue weighted by atomic mass is 16.5. The third-order valence-corrected chi connectivity index (χ3v) is 5.60. The molecule has 2 amide bonds. The number of carbonyl (C=O) groups excluding carboxylic acids is 3. The minimum absolute atomic E-state index is 0.0593. The van der Waals surface area contributed by atoms with Gasteiger partial charge in [-0.25, -0.2) is 0 Å². The SMILES string of the molecule is CCOC(=O)C1CCCN(C(=O)CC2NC3CCCCC3NC2=O)C1. The van der Waals surface area contributed by atoms with E-state index in [4.69, 9.17) is 4.74 Å². The lowest BCUT2D eigenvalue weighted by Crippen LogP contribution is -2.65. The molecule has 0 spiro atoms. The number of carbonyl (C=O) groups is 3. The predicted octanol–water partition coefficient (Wildman–Crippen LogP) is 0.577. The molecule has 140 valence electrons. The van der Waals surface area contributed by atoms with Crippen molar-refractivity contribution in [2.24, 2.45) is 5.92 Å². The number of ether oxygens (including phenoxy) is 1. The molecular formula is C18H29N3O4. The number of rotatable bonds is 4. The largest absolute Gasteiger partial charge is 0.466 e. The second-order valence-electron chi connectivity index (χ2n) is 7.36. The van der Waals surface area contributed by atoms with E-state index in [9.17, 15) is 14.4 Å². The molecular weight excluding hydrogens is 322 g/mol. The Morgan fingerprint density at radius 2 is 1.92 bits per heavy atom. The first-order chi connectivity index (χ1) is 12.1. The van der Waals surface area contributed by atoms with Crippen LogP contribution < -0.4 is 10.6 Å². The second-order valence-corrected chi connectivity index (χ2v) is 7.36. The van der Waals surface area contributed by atoms with Crippen LogP contribution in [0.2, 0.25) is 0 Å². The highest BCUT2D eigenvalue weighted by Crippen LogP contribution is 2.23. The van der Waals surface area contributed by atoms with Gasteiger partial charge in [-0.3, -0.25) is 14.4 Å². The van der Waals surface area contributed by atoms with Crippen molar-refractivity contribution in [3.05, 3.63) is 0 Å². The van der Waals surface area contributed by atoms with Gasteiger partial charge in [-0.15, -0.1) is 0 Å². The lowest BCUT2D eigenvalue weighted by molar-refractivity contribution is -0.151. The second kappa shape index (κ2) is 8.17. The van der Waals surface area contributed by atoms with Crippen LogP contribution in [0.15, 0.2) is 0 Å². The Morgan fingerprint density at radius 3 is 2.68 bits per heavy atom. The van der Waals surface area contributed by atoms with Crippen LogP contribution in [0.25, 0.3) is 0 Å². The molecule has 25 heavy (non-hydrogen) atoms. The van der Waals surface area contributed by atoms with E-state index >= 15 is 0 Å². The smallest absolute Gasteiger partial charge is 0.310 e. The number of esters is 1. The average molecular weight is 351 g/mol. The van der Waals surface area contributed by atoms with Crippen LogP contribution in [-0.2, 0) is 19.1 Å². The summed E-state index contributed by atoms with van der Waals surface area (Å²) in [6, 6.07) is 0.0171. The Hall–Kier alpha value is -1.63. The molecule has 2 heterocycles. The molecule has 4 unspecified atom stereocenters. The molecule has 7 heteroatoms. The summed E-state index contributed by atoms with van der Waals surface area (Å²) in [5.74, 6) is -0.599. The van der Waals surface area contributed by atoms with E-state index < -0.39 is 6.04 Å². The van der Waals surface area contributed by atoms with E-state index in [1.54, 1.807) is 11.8 Å². The van der Waals surface area contributed by atoms with Crippen LogP contribution in [0.1, 0.15) is 51.9 Å². The van der Waals surface area contributed by atoms with Gasteiger partial charge in [-0.1, -0.05) is 12.8 Å². The number of amides is 2. The van der Waals surface area contributed by atoms with Crippen molar-refractivity contribution in [2.45, 2.75) is 70.0 Å². The quantitative estimate of drug-likeness (QED) is 0.724. The molecule has 2 aliphatic heterocycles. The van der Waals surface area contributed by atoms with Gasteiger partial charge in [0.15, 0.2) is 0 Å². The number of likely N-dealkylation sites (tertiary alicyclic amines) is 1. The predicted molar refractivity (Wildman–Crippen MR) is 91.7 cm³/mol. The van der Waals surface area contributed by atoms with Crippen molar-refractivity contribution < 1.29 is 19.1 Å². The van der Waals surface area contributed by atoms with Gasteiger partial charge in [0, 0.05) is 25.2 Å². The first-order valence-corrected chi connectivity index (χ1v) is 9.59. The summed E-state index contributed by atoms with van der Waals surface area (Å²) in [7, 11) is 0. The van der Waals surface area contributed by atoms with Crippen LogP contribution in [0.4, 0.5) is 0 Å². The van der Waals surface area contributed by atoms with E-state index in [-0.39, 0.29) is 42.2 Å². The molecule has 2 N–H and O–H groups in total. The van der Waals surface area contributed by atoms with E-state index in [0.717, 1.165) is 38.5 Å². The number of hydrogen-bond donors (Lipinski definition) is 2. The fourth-order valence-corrected chi connectivity index (χ4v) is 4.23. The molecule has 4 atom stereocenters. The third-order valence-electron chi connectivity index (χ3n) is 5.60. The van der Waals surface area contributed by atoms with Gasteiger partial charge in [-0.05, 0) is 32.6 Å². The van der Waals surface area contributed by atoms with Crippen LogP contribution in [0, 0.1) is 5.92 Å². The normalized spacial score (nSPS) is 32.5. The molecule has 0 aromatic carbocycles. The van der Waals surface area contributed by atoms with Crippen molar-refractivity contribution in [3.8, 4) is 0 Å². The first kappa shape index (κ1) is 18.2. The van der Waals surface area contributed by atoms with Crippen molar-refractivity contribution in [1.82, 2.24) is 15.5 Å². The molecule has 7 nitrogen and oxygen atoms in total. The highest BCUT2D eigenvalue weighted by Gasteiger charge is 2.38. The van der Waals surface area contributed by atoms with Gasteiger partial charge >= 0.3 is 5.97 Å². The maximum Gasteiger partial charge on any atom is 0.310 e. The van der Waals surface area contributed by atoms with Gasteiger partial charge in [0.1, 0.15) is 0 Å². The summed E-state index contributed by atoms with van der Waals surface area (Å²) in [6.07, 6.45) is 6.08. The standard InChI is InChI=1S/C18H29N3O4/c1-2-25-18(24)12-6-5-9-21(11-12)16(22)10-15-17(23)20-14-8-4-3-7-13(14)19-15/h12-15,19H,2-11H2,1H3,(H,20,23). The Labute approximate surface area is 148 Å². The molecule has 0 bridgehead atoms. The van der Waals surface area contributed by atoms with Crippen molar-refractivity contribution >= 4 is 17.8 Å². The van der Waals surface area contributed by atoms with Gasteiger partial charge in [0.25, 0.3) is 0 Å². The molecule has 0 radical (unpaired) electrons. The van der Waals surface area contributed by atoms with E-state index in [1.807, 2.05) is 0 Å². The van der Waals surface area contributed by atoms with Gasteiger partial charge < -0.3 is 20.3 Å². The Kier molecular flexibility index (Phi) is 5.93. The summed E-state index contributed by atoms with van der Waals surface area (Å²) in [4.78, 5) is 38.6. The van der Waals surface area contributed by atoms with Crippen molar-refractivity contribution in [3.63, 3.8) is 0 Å². The van der Waals surface area contributed by atoms with Gasteiger partial charge in [0.05, 0.1) is 25.0 Å². The number of piperazine rings is 1. The monoisotopic (exact) mass is 351 g/mol. The highest BCUT2D eigenvalue weighted by molar-refractivity contribution is 5.89. The minimum atomic E-state index is -0.463. The summed E-state index contributed by atoms with van der Waals surface area (Å²) >= 11 is 0. The molecule has 3 rings (SSSR count). The molecule has 3 fully saturated rings. The number of piperidine rings is 1. The Balaban J connectivity index is 1.54. The number of nitrogens with one attached hydrogen (secondary N) is 2. The Bertz CT molecular complexity index is 524. The summed E-state index contributed by atoms with van der Waals surface area (Å²) in [5, 5.41) is 6.45. The van der Waals surface area contributed by atoms with E-state index in [2.05, 4.69) is 10.6 Å². The first-order valence-electron chi connectivity index (χ1n) is 9.59. The number of nitrogens with zero attached hydrogens (tertiary/aromatic N) is 1. The fraction of sp³-hybridized carbons (Fsp3) is 0.833. The zero-order valence-corrected chi connectivity index (χ0v) is 15.0. The zero-order valence-electron chi connectivity index (χ0n) is 15.0.